The zero-order valence-electron chi connectivity index (χ0n) is 15.0. The van der Waals surface area contributed by atoms with E-state index < -0.39 is 5.97 Å². The van der Waals surface area contributed by atoms with Crippen molar-refractivity contribution in [1.82, 2.24) is 9.55 Å². The van der Waals surface area contributed by atoms with Gasteiger partial charge in [0.2, 0.25) is 5.76 Å². The largest absolute Gasteiger partial charge is 0.467 e. The number of carbonyl (C=O) groups excluding carboxylic acids is 1. The van der Waals surface area contributed by atoms with Gasteiger partial charge in [0, 0.05) is 11.3 Å². The molecule has 142 valence electrons. The number of ether oxygens (including phenoxy) is 1. The lowest BCUT2D eigenvalue weighted by molar-refractivity contribution is 0.0564. The van der Waals surface area contributed by atoms with Gasteiger partial charge in [-0.3, -0.25) is 9.36 Å². The third-order valence-corrected chi connectivity index (χ3v) is 5.22. The molecule has 0 aliphatic heterocycles. The summed E-state index contributed by atoms with van der Waals surface area (Å²) in [5.74, 6) is 0.652. The predicted octanol–water partition coefficient (Wildman–Crippen LogP) is 3.71. The van der Waals surface area contributed by atoms with Gasteiger partial charge in [-0.1, -0.05) is 23.9 Å². The number of para-hydroxylation sites is 1. The van der Waals surface area contributed by atoms with Crippen LogP contribution in [0.5, 0.6) is 0 Å². The lowest BCUT2D eigenvalue weighted by Crippen LogP contribution is -2.23. The summed E-state index contributed by atoms with van der Waals surface area (Å²) < 4.78 is 16.9. The first-order valence-electron chi connectivity index (χ1n) is 8.47. The maximum Gasteiger partial charge on any atom is 0.374 e. The van der Waals surface area contributed by atoms with Crippen molar-refractivity contribution in [2.24, 2.45) is 0 Å². The average molecular weight is 396 g/mol. The number of carbonyl (C=O) groups is 1. The van der Waals surface area contributed by atoms with Crippen LogP contribution in [0.2, 0.25) is 0 Å². The molecule has 0 spiro atoms. The molecule has 1 aromatic carbocycles. The minimum atomic E-state index is -0.542. The van der Waals surface area contributed by atoms with Crippen LogP contribution in [-0.4, -0.2) is 22.6 Å². The summed E-state index contributed by atoms with van der Waals surface area (Å²) in [7, 11) is 1.30. The molecule has 4 rings (SSSR count). The molecule has 0 fully saturated rings. The number of thioether (sulfide) groups is 1. The smallest absolute Gasteiger partial charge is 0.374 e. The summed E-state index contributed by atoms with van der Waals surface area (Å²) in [5.41, 5.74) is 1.14. The minimum absolute atomic E-state index is 0.148. The van der Waals surface area contributed by atoms with Gasteiger partial charge in [-0.25, -0.2) is 9.78 Å². The Bertz CT molecular complexity index is 1180. The van der Waals surface area contributed by atoms with Crippen molar-refractivity contribution < 1.29 is 18.4 Å². The number of nitrogens with zero attached hydrogens (tertiary/aromatic N) is 2. The molecule has 3 aromatic heterocycles. The lowest BCUT2D eigenvalue weighted by Gasteiger charge is -2.12. The second-order valence-electron chi connectivity index (χ2n) is 5.94. The molecule has 3 heterocycles. The molecule has 0 bridgehead atoms. The third kappa shape index (κ3) is 3.46. The Morgan fingerprint density at radius 1 is 1.14 bits per heavy atom. The van der Waals surface area contributed by atoms with Gasteiger partial charge in [-0.05, 0) is 30.3 Å². The van der Waals surface area contributed by atoms with E-state index in [1.165, 1.54) is 25.1 Å². The van der Waals surface area contributed by atoms with E-state index >= 15 is 0 Å². The van der Waals surface area contributed by atoms with Crippen LogP contribution in [0.15, 0.2) is 73.8 Å². The highest BCUT2D eigenvalue weighted by atomic mass is 32.2. The van der Waals surface area contributed by atoms with Gasteiger partial charge in [-0.15, -0.1) is 0 Å². The van der Waals surface area contributed by atoms with E-state index in [0.29, 0.717) is 33.1 Å². The van der Waals surface area contributed by atoms with Gasteiger partial charge < -0.3 is 13.6 Å². The van der Waals surface area contributed by atoms with Crippen molar-refractivity contribution in [2.75, 3.05) is 7.11 Å². The van der Waals surface area contributed by atoms with Gasteiger partial charge in [0.15, 0.2) is 5.16 Å². The number of rotatable bonds is 6. The predicted molar refractivity (Wildman–Crippen MR) is 103 cm³/mol. The Balaban J connectivity index is 1.72. The number of fused-ring (bicyclic) bond motifs is 1. The monoisotopic (exact) mass is 396 g/mol. The molecule has 0 radical (unpaired) electrons. The van der Waals surface area contributed by atoms with Crippen LogP contribution in [0.1, 0.15) is 21.9 Å². The molecule has 7 nitrogen and oxygen atoms in total. The van der Waals surface area contributed by atoms with Crippen molar-refractivity contribution in [2.45, 2.75) is 17.5 Å². The molecule has 0 N–H and O–H groups in total. The first-order valence-corrected chi connectivity index (χ1v) is 9.45. The maximum atomic E-state index is 13.0. The third-order valence-electron chi connectivity index (χ3n) is 4.19. The quantitative estimate of drug-likeness (QED) is 0.279. The van der Waals surface area contributed by atoms with E-state index in [4.69, 9.17) is 13.6 Å². The average Bonchev–Trinajstić information content (AvgIpc) is 3.40. The fraction of sp³-hybridized carbons (Fsp3) is 0.150. The minimum Gasteiger partial charge on any atom is -0.467 e. The molecule has 28 heavy (non-hydrogen) atoms. The highest BCUT2D eigenvalue weighted by molar-refractivity contribution is 7.98. The molecular weight excluding hydrogens is 380 g/mol. The Morgan fingerprint density at radius 3 is 2.79 bits per heavy atom. The highest BCUT2D eigenvalue weighted by Crippen LogP contribution is 2.25. The second kappa shape index (κ2) is 7.77. The second-order valence-corrected chi connectivity index (χ2v) is 6.88. The van der Waals surface area contributed by atoms with Gasteiger partial charge >= 0.3 is 5.97 Å². The molecule has 0 saturated carbocycles. The van der Waals surface area contributed by atoms with Gasteiger partial charge in [0.1, 0.15) is 5.76 Å². The van der Waals surface area contributed by atoms with Crippen LogP contribution in [0.3, 0.4) is 0 Å². The summed E-state index contributed by atoms with van der Waals surface area (Å²) in [4.78, 5) is 29.5. The van der Waals surface area contributed by atoms with Crippen LogP contribution >= 0.6 is 11.8 Å². The standard InChI is InChI=1S/C20H16N2O5S/c1-25-19(24)17-13(8-10-27-17)12-28-20-21-16-7-3-2-6-15(16)18(23)22(20)11-14-5-4-9-26-14/h2-10H,11-12H2,1H3. The fourth-order valence-corrected chi connectivity index (χ4v) is 3.80. The molecular formula is C20H16N2O5S. The van der Waals surface area contributed by atoms with E-state index in [-0.39, 0.29) is 17.9 Å². The molecule has 0 unspecified atom stereocenters. The highest BCUT2D eigenvalue weighted by Gasteiger charge is 2.18. The molecule has 8 heteroatoms. The van der Waals surface area contributed by atoms with Crippen LogP contribution in [-0.2, 0) is 17.0 Å². The topological polar surface area (TPSA) is 87.5 Å². The Labute approximate surface area is 163 Å². The molecule has 4 aromatic rings. The van der Waals surface area contributed by atoms with E-state index in [9.17, 15) is 9.59 Å². The molecule has 0 saturated heterocycles. The van der Waals surface area contributed by atoms with E-state index in [0.717, 1.165) is 0 Å². The van der Waals surface area contributed by atoms with Gasteiger partial charge in [-0.2, -0.15) is 0 Å². The zero-order valence-corrected chi connectivity index (χ0v) is 15.8. The number of hydrogen-bond donors (Lipinski definition) is 0. The molecule has 0 aliphatic rings. The maximum absolute atomic E-state index is 13.0. The number of esters is 1. The summed E-state index contributed by atoms with van der Waals surface area (Å²) in [5, 5.41) is 1.06. The summed E-state index contributed by atoms with van der Waals surface area (Å²) in [6.45, 7) is 0.265. The van der Waals surface area contributed by atoms with Gasteiger partial charge in [0.05, 0.1) is 37.1 Å². The van der Waals surface area contributed by atoms with E-state index in [2.05, 4.69) is 4.98 Å². The zero-order chi connectivity index (χ0) is 19.5. The molecule has 0 aliphatic carbocycles. The van der Waals surface area contributed by atoms with E-state index in [1.807, 2.05) is 18.2 Å². The van der Waals surface area contributed by atoms with Crippen molar-refractivity contribution in [3.63, 3.8) is 0 Å². The van der Waals surface area contributed by atoms with Crippen molar-refractivity contribution in [1.29, 1.82) is 0 Å². The molecule has 0 atom stereocenters. The normalized spacial score (nSPS) is 11.0. The Hall–Kier alpha value is -3.26. The Morgan fingerprint density at radius 2 is 2.00 bits per heavy atom. The summed E-state index contributed by atoms with van der Waals surface area (Å²) >= 11 is 1.34. The van der Waals surface area contributed by atoms with Crippen molar-refractivity contribution in [3.05, 3.63) is 82.4 Å². The SMILES string of the molecule is COC(=O)c1occc1CSc1nc2ccccc2c(=O)n1Cc1ccco1. The number of furan rings is 2. The van der Waals surface area contributed by atoms with Crippen molar-refractivity contribution >= 4 is 28.6 Å². The summed E-state index contributed by atoms with van der Waals surface area (Å²) in [6.07, 6.45) is 3.00. The van der Waals surface area contributed by atoms with Gasteiger partial charge in [0.25, 0.3) is 5.56 Å². The van der Waals surface area contributed by atoms with Crippen LogP contribution in [0, 0.1) is 0 Å². The van der Waals surface area contributed by atoms with Crippen LogP contribution < -0.4 is 5.56 Å². The van der Waals surface area contributed by atoms with Crippen LogP contribution in [0.4, 0.5) is 0 Å². The first-order chi connectivity index (χ1) is 13.7. The lowest BCUT2D eigenvalue weighted by atomic mass is 10.2. The number of benzene rings is 1. The van der Waals surface area contributed by atoms with Crippen LogP contribution in [0.25, 0.3) is 10.9 Å². The number of methoxy groups -OCH3 is 1. The number of hydrogen-bond acceptors (Lipinski definition) is 7. The fourth-order valence-electron chi connectivity index (χ4n) is 2.82. The van der Waals surface area contributed by atoms with Crippen molar-refractivity contribution in [3.8, 4) is 0 Å². The van der Waals surface area contributed by atoms with E-state index in [1.54, 1.807) is 35.1 Å². The Kier molecular flexibility index (Phi) is 5.03. The molecule has 0 amide bonds. The summed E-state index contributed by atoms with van der Waals surface area (Å²) in [6, 6.07) is 12.5. The first kappa shape index (κ1) is 18.1. The number of aromatic nitrogens is 2.